The van der Waals surface area contributed by atoms with Crippen LogP contribution < -0.4 is 4.90 Å². The number of likely N-dealkylation sites (tertiary alicyclic amines) is 1. The van der Waals surface area contributed by atoms with Crippen LogP contribution in [0, 0.1) is 17.8 Å². The number of carbonyl (C=O) groups excluding carboxylic acids is 4. The summed E-state index contributed by atoms with van der Waals surface area (Å²) in [6, 6.07) is 13.0. The molecule has 3 fully saturated rings. The van der Waals surface area contributed by atoms with Gasteiger partial charge in [-0.2, -0.15) is 0 Å². The molecule has 0 bridgehead atoms. The van der Waals surface area contributed by atoms with Gasteiger partial charge >= 0.3 is 0 Å². The Morgan fingerprint density at radius 3 is 2.32 bits per heavy atom. The molecule has 2 aromatic carbocycles. The van der Waals surface area contributed by atoms with Crippen molar-refractivity contribution in [2.45, 2.75) is 28.5 Å². The predicted molar refractivity (Wildman–Crippen MR) is 138 cm³/mol. The van der Waals surface area contributed by atoms with Crippen LogP contribution in [0.15, 0.2) is 60.2 Å². The number of allylic oxidation sites excluding steroid dienone is 2. The maximum atomic E-state index is 13.8. The average Bonchev–Trinajstić information content (AvgIpc) is 3.20. The van der Waals surface area contributed by atoms with Gasteiger partial charge in [0.1, 0.15) is 5.75 Å². The van der Waals surface area contributed by atoms with Crippen molar-refractivity contribution in [1.82, 2.24) is 4.90 Å². The Morgan fingerprint density at radius 1 is 0.946 bits per heavy atom. The van der Waals surface area contributed by atoms with E-state index in [0.29, 0.717) is 16.8 Å². The Bertz CT molecular complexity index is 1430. The summed E-state index contributed by atoms with van der Waals surface area (Å²) in [6.07, 6.45) is 2.01. The van der Waals surface area contributed by atoms with Crippen LogP contribution in [0.1, 0.15) is 24.3 Å². The van der Waals surface area contributed by atoms with Crippen LogP contribution in [-0.4, -0.2) is 50.4 Å². The molecule has 37 heavy (non-hydrogen) atoms. The first-order chi connectivity index (χ1) is 17.5. The summed E-state index contributed by atoms with van der Waals surface area (Å²) in [4.78, 5) is 52.6. The van der Waals surface area contributed by atoms with Gasteiger partial charge in [0.25, 0.3) is 11.8 Å². The van der Waals surface area contributed by atoms with E-state index in [-0.39, 0.29) is 35.4 Å². The Balaban J connectivity index is 1.54. The van der Waals surface area contributed by atoms with Crippen molar-refractivity contribution < 1.29 is 24.3 Å². The minimum absolute atomic E-state index is 0.0828. The fourth-order valence-electron chi connectivity index (χ4n) is 6.67. The molecule has 2 aromatic rings. The molecule has 2 aliphatic heterocycles. The third-order valence-corrected chi connectivity index (χ3v) is 10.1. The molecule has 190 valence electrons. The van der Waals surface area contributed by atoms with Gasteiger partial charge in [0.2, 0.25) is 11.8 Å². The highest BCUT2D eigenvalue weighted by Gasteiger charge is 2.76. The van der Waals surface area contributed by atoms with Crippen LogP contribution in [0.5, 0.6) is 5.75 Å². The summed E-state index contributed by atoms with van der Waals surface area (Å²) in [5, 5.41) is 10.1. The number of phenols is 1. The molecule has 0 radical (unpaired) electrons. The quantitative estimate of drug-likeness (QED) is 0.337. The Kier molecular flexibility index (Phi) is 5.33. The molecule has 10 heteroatoms. The van der Waals surface area contributed by atoms with E-state index in [1.807, 2.05) is 6.08 Å². The number of phenolic OH excluding ortho intramolecular Hbond substituents is 1. The lowest BCUT2D eigenvalue weighted by atomic mass is 9.56. The third kappa shape index (κ3) is 3.02. The molecular formula is C27H21Cl3N2O5. The van der Waals surface area contributed by atoms with E-state index in [4.69, 9.17) is 34.8 Å². The molecule has 2 heterocycles. The largest absolute Gasteiger partial charge is 0.508 e. The zero-order valence-electron chi connectivity index (χ0n) is 19.5. The normalized spacial score (nSPS) is 34.9. The zero-order chi connectivity index (χ0) is 26.4. The standard InChI is InChI=1S/C27H21Cl3N2O5/c1-31-24(36)26(29)12-18-15(21(27(26,30)25(31)37)16-8-7-14(33)11-19(16)28)9-10-17-20(18)23(35)32(22(17)34)13-5-3-2-4-6-13/h2-9,11,17-18,20-21,33H,10,12H2,1H3/t17-,18+,20-,21+,26+,27-/m0/s1. The van der Waals surface area contributed by atoms with Gasteiger partial charge in [-0.1, -0.05) is 47.5 Å². The van der Waals surface area contributed by atoms with Gasteiger partial charge < -0.3 is 5.11 Å². The predicted octanol–water partition coefficient (Wildman–Crippen LogP) is 4.24. The molecular weight excluding hydrogens is 539 g/mol. The molecule has 1 N–H and O–H groups in total. The van der Waals surface area contributed by atoms with Crippen LogP contribution in [0.4, 0.5) is 5.69 Å². The van der Waals surface area contributed by atoms with Crippen LogP contribution >= 0.6 is 34.8 Å². The number of carbonyl (C=O) groups is 4. The number of alkyl halides is 2. The number of para-hydroxylation sites is 1. The molecule has 6 rings (SSSR count). The van der Waals surface area contributed by atoms with Gasteiger partial charge in [0.15, 0.2) is 9.75 Å². The highest BCUT2D eigenvalue weighted by molar-refractivity contribution is 6.53. The van der Waals surface area contributed by atoms with Crippen molar-refractivity contribution in [2.24, 2.45) is 17.8 Å². The highest BCUT2D eigenvalue weighted by atomic mass is 35.5. The van der Waals surface area contributed by atoms with Crippen LogP contribution in [0.2, 0.25) is 5.02 Å². The number of hydrogen-bond donors (Lipinski definition) is 1. The molecule has 2 saturated heterocycles. The molecule has 0 aromatic heterocycles. The van der Waals surface area contributed by atoms with Crippen molar-refractivity contribution in [3.63, 3.8) is 0 Å². The number of amides is 4. The van der Waals surface area contributed by atoms with Gasteiger partial charge in [-0.25, -0.2) is 0 Å². The van der Waals surface area contributed by atoms with Gasteiger partial charge in [-0.3, -0.25) is 29.0 Å². The van der Waals surface area contributed by atoms with E-state index in [0.717, 1.165) is 4.90 Å². The van der Waals surface area contributed by atoms with Crippen LogP contribution in [-0.2, 0) is 19.2 Å². The third-order valence-electron chi connectivity index (χ3n) is 8.32. The number of anilines is 1. The second kappa shape index (κ2) is 8.06. The minimum atomic E-state index is -1.92. The average molecular weight is 560 g/mol. The first kappa shape index (κ1) is 24.5. The number of rotatable bonds is 2. The molecule has 2 aliphatic carbocycles. The fourth-order valence-corrected chi connectivity index (χ4v) is 7.97. The summed E-state index contributed by atoms with van der Waals surface area (Å²) in [5.74, 6) is -5.10. The molecule has 0 unspecified atom stereocenters. The van der Waals surface area contributed by atoms with Gasteiger partial charge in [-0.15, -0.1) is 23.2 Å². The second-order valence-electron chi connectivity index (χ2n) is 10.1. The summed E-state index contributed by atoms with van der Waals surface area (Å²) < 4.78 is 0. The summed E-state index contributed by atoms with van der Waals surface area (Å²) in [7, 11) is 1.33. The minimum Gasteiger partial charge on any atom is -0.508 e. The van der Waals surface area contributed by atoms with E-state index in [9.17, 15) is 24.3 Å². The first-order valence-corrected chi connectivity index (χ1v) is 13.0. The van der Waals surface area contributed by atoms with E-state index in [2.05, 4.69) is 0 Å². The molecule has 1 saturated carbocycles. The van der Waals surface area contributed by atoms with Crippen molar-refractivity contribution >= 4 is 64.1 Å². The summed E-state index contributed by atoms with van der Waals surface area (Å²) in [6.45, 7) is 0. The van der Waals surface area contributed by atoms with Gasteiger partial charge in [-0.05, 0) is 48.6 Å². The van der Waals surface area contributed by atoms with Crippen molar-refractivity contribution in [3.05, 3.63) is 70.8 Å². The van der Waals surface area contributed by atoms with Crippen molar-refractivity contribution in [1.29, 1.82) is 0 Å². The number of fused-ring (bicyclic) bond motifs is 4. The van der Waals surface area contributed by atoms with Crippen LogP contribution in [0.3, 0.4) is 0 Å². The lowest BCUT2D eigenvalue weighted by molar-refractivity contribution is -0.138. The topological polar surface area (TPSA) is 95.0 Å². The second-order valence-corrected chi connectivity index (χ2v) is 11.7. The molecule has 7 nitrogen and oxygen atoms in total. The van der Waals surface area contributed by atoms with Gasteiger partial charge in [0.05, 0.1) is 17.5 Å². The van der Waals surface area contributed by atoms with Gasteiger partial charge in [0, 0.05) is 18.0 Å². The van der Waals surface area contributed by atoms with E-state index in [1.165, 1.54) is 24.1 Å². The molecule has 4 aliphatic rings. The van der Waals surface area contributed by atoms with E-state index in [1.54, 1.807) is 36.4 Å². The SMILES string of the molecule is CN1C(=O)[C@]2(Cl)C[C@@H]3C(=CC[C@@H]4C(=O)N(c5ccccc5)C(=O)[C@@H]43)[C@H](c3ccc(O)cc3Cl)[C@]2(Cl)C1=O. The maximum Gasteiger partial charge on any atom is 0.253 e. The lowest BCUT2D eigenvalue weighted by Crippen LogP contribution is -2.60. The Hall–Kier alpha value is -2.87. The number of nitrogens with zero attached hydrogens (tertiary/aromatic N) is 2. The monoisotopic (exact) mass is 558 g/mol. The summed E-state index contributed by atoms with van der Waals surface area (Å²) >= 11 is 20.8. The first-order valence-electron chi connectivity index (χ1n) is 11.8. The number of benzene rings is 2. The lowest BCUT2D eigenvalue weighted by Gasteiger charge is -2.51. The molecule has 0 spiro atoms. The summed E-state index contributed by atoms with van der Waals surface area (Å²) in [5.41, 5.74) is 1.52. The Labute approximate surface area is 227 Å². The maximum absolute atomic E-state index is 13.8. The van der Waals surface area contributed by atoms with E-state index < -0.39 is 45.2 Å². The van der Waals surface area contributed by atoms with E-state index >= 15 is 0 Å². The number of hydrogen-bond acceptors (Lipinski definition) is 5. The van der Waals surface area contributed by atoms with Crippen LogP contribution in [0.25, 0.3) is 0 Å². The number of halogens is 3. The smallest absolute Gasteiger partial charge is 0.253 e. The Morgan fingerprint density at radius 2 is 1.65 bits per heavy atom. The molecule has 4 amide bonds. The van der Waals surface area contributed by atoms with Crippen molar-refractivity contribution in [2.75, 3.05) is 11.9 Å². The highest BCUT2D eigenvalue weighted by Crippen LogP contribution is 2.65. The number of aromatic hydroxyl groups is 1. The van der Waals surface area contributed by atoms with Crippen molar-refractivity contribution in [3.8, 4) is 5.75 Å². The molecule has 6 atom stereocenters. The zero-order valence-corrected chi connectivity index (χ0v) is 21.8. The fraction of sp³-hybridized carbons (Fsp3) is 0.333. The number of imide groups is 2.